The van der Waals surface area contributed by atoms with Gasteiger partial charge in [-0.05, 0) is 12.1 Å². The van der Waals surface area contributed by atoms with Crippen molar-refractivity contribution in [2.24, 2.45) is 0 Å². The molecule has 138 valence electrons. The number of nitrogens with zero attached hydrogens (tertiary/aromatic N) is 1. The van der Waals surface area contributed by atoms with Crippen molar-refractivity contribution in [3.63, 3.8) is 0 Å². The zero-order valence-electron chi connectivity index (χ0n) is 14.2. The van der Waals surface area contributed by atoms with Crippen LogP contribution in [0.3, 0.4) is 0 Å². The highest BCUT2D eigenvalue weighted by Crippen LogP contribution is 2.29. The topological polar surface area (TPSA) is 120 Å². The molecule has 0 aromatic heterocycles. The highest BCUT2D eigenvalue weighted by molar-refractivity contribution is 5.92. The van der Waals surface area contributed by atoms with Gasteiger partial charge in [-0.15, -0.1) is 0 Å². The SMILES string of the molecule is COc1ccc(CN2C(=O)[C@@H](NC(=O)O)[C@@H]2CNCCO)c(OC)c1. The molecule has 0 radical (unpaired) electrons. The number of likely N-dealkylation sites (tertiary alicyclic amines) is 1. The monoisotopic (exact) mass is 353 g/mol. The third-order valence-corrected chi connectivity index (χ3v) is 4.09. The van der Waals surface area contributed by atoms with E-state index in [1.807, 2.05) is 0 Å². The van der Waals surface area contributed by atoms with Gasteiger partial charge >= 0.3 is 6.09 Å². The Kier molecular flexibility index (Phi) is 6.43. The van der Waals surface area contributed by atoms with E-state index in [1.54, 1.807) is 30.2 Å². The molecule has 1 heterocycles. The first kappa shape index (κ1) is 18.8. The second-order valence-electron chi connectivity index (χ2n) is 5.57. The summed E-state index contributed by atoms with van der Waals surface area (Å²) in [6, 6.07) is 4.16. The Labute approximate surface area is 145 Å². The molecule has 0 bridgehead atoms. The van der Waals surface area contributed by atoms with Gasteiger partial charge in [-0.3, -0.25) is 4.79 Å². The molecule has 0 unspecified atom stereocenters. The number of rotatable bonds is 9. The van der Waals surface area contributed by atoms with E-state index >= 15 is 0 Å². The molecule has 1 aromatic carbocycles. The molecule has 1 aliphatic heterocycles. The van der Waals surface area contributed by atoms with E-state index in [2.05, 4.69) is 10.6 Å². The summed E-state index contributed by atoms with van der Waals surface area (Å²) in [5.41, 5.74) is 0.789. The number of hydrogen-bond acceptors (Lipinski definition) is 6. The average molecular weight is 353 g/mol. The van der Waals surface area contributed by atoms with Gasteiger partial charge in [-0.25, -0.2) is 4.79 Å². The molecule has 2 rings (SSSR count). The summed E-state index contributed by atoms with van der Waals surface area (Å²) in [6.45, 7) is 0.985. The van der Waals surface area contributed by atoms with Crippen LogP contribution in [0.2, 0.25) is 0 Å². The predicted molar refractivity (Wildman–Crippen MR) is 88.8 cm³/mol. The summed E-state index contributed by atoms with van der Waals surface area (Å²) in [5, 5.41) is 23.0. The van der Waals surface area contributed by atoms with Gasteiger partial charge in [0.05, 0.1) is 26.9 Å². The minimum absolute atomic E-state index is 0.0377. The molecule has 2 atom stereocenters. The second kappa shape index (κ2) is 8.54. The smallest absolute Gasteiger partial charge is 0.405 e. The molecule has 1 aliphatic rings. The summed E-state index contributed by atoms with van der Waals surface area (Å²) >= 11 is 0. The van der Waals surface area contributed by atoms with Crippen LogP contribution in [0.15, 0.2) is 18.2 Å². The highest BCUT2D eigenvalue weighted by Gasteiger charge is 2.47. The van der Waals surface area contributed by atoms with Gasteiger partial charge in [0, 0.05) is 31.3 Å². The second-order valence-corrected chi connectivity index (χ2v) is 5.57. The van der Waals surface area contributed by atoms with E-state index in [9.17, 15) is 9.59 Å². The van der Waals surface area contributed by atoms with Gasteiger partial charge in [-0.2, -0.15) is 0 Å². The lowest BCUT2D eigenvalue weighted by Crippen LogP contribution is -2.72. The van der Waals surface area contributed by atoms with Crippen molar-refractivity contribution in [2.45, 2.75) is 18.6 Å². The van der Waals surface area contributed by atoms with Crippen molar-refractivity contribution in [1.29, 1.82) is 0 Å². The van der Waals surface area contributed by atoms with Gasteiger partial charge in [0.1, 0.15) is 17.5 Å². The molecule has 4 N–H and O–H groups in total. The Morgan fingerprint density at radius 1 is 1.32 bits per heavy atom. The van der Waals surface area contributed by atoms with Crippen LogP contribution in [-0.2, 0) is 11.3 Å². The standard InChI is InChI=1S/C16H23N3O6/c1-24-11-4-3-10(13(7-11)25-2)9-19-12(8-17-5-6-20)14(15(19)21)18-16(22)23/h3-4,7,12,14,17-18,20H,5-6,8-9H2,1-2H3,(H,22,23)/t12-,14-/m0/s1. The number of methoxy groups -OCH3 is 2. The molecule has 0 saturated carbocycles. The fourth-order valence-electron chi connectivity index (χ4n) is 2.81. The molecule has 1 aromatic rings. The average Bonchev–Trinajstić information content (AvgIpc) is 2.62. The Morgan fingerprint density at radius 2 is 2.08 bits per heavy atom. The molecule has 0 spiro atoms. The van der Waals surface area contributed by atoms with Crippen LogP contribution in [0.4, 0.5) is 4.79 Å². The maximum absolute atomic E-state index is 12.3. The van der Waals surface area contributed by atoms with Crippen LogP contribution in [0.5, 0.6) is 11.5 Å². The fraction of sp³-hybridized carbons (Fsp3) is 0.500. The van der Waals surface area contributed by atoms with Gasteiger partial charge in [0.2, 0.25) is 5.91 Å². The number of aliphatic hydroxyl groups is 1. The summed E-state index contributed by atoms with van der Waals surface area (Å²) < 4.78 is 10.5. The Balaban J connectivity index is 2.13. The molecular weight excluding hydrogens is 330 g/mol. The molecule has 9 nitrogen and oxygen atoms in total. The maximum atomic E-state index is 12.3. The molecule has 2 amide bonds. The Hall–Kier alpha value is -2.52. The number of nitrogens with one attached hydrogen (secondary N) is 2. The van der Waals surface area contributed by atoms with Crippen LogP contribution in [0, 0.1) is 0 Å². The summed E-state index contributed by atoms with van der Waals surface area (Å²) in [7, 11) is 3.09. The quantitative estimate of drug-likeness (QED) is 0.353. The first-order chi connectivity index (χ1) is 12.0. The van der Waals surface area contributed by atoms with E-state index in [1.165, 1.54) is 7.11 Å². The molecule has 9 heteroatoms. The van der Waals surface area contributed by atoms with Crippen molar-refractivity contribution in [2.75, 3.05) is 33.9 Å². The number of aliphatic hydroxyl groups excluding tert-OH is 1. The van der Waals surface area contributed by atoms with Gasteiger partial charge in [0.25, 0.3) is 0 Å². The van der Waals surface area contributed by atoms with Crippen molar-refractivity contribution in [1.82, 2.24) is 15.5 Å². The largest absolute Gasteiger partial charge is 0.497 e. The van der Waals surface area contributed by atoms with Crippen LogP contribution in [0.1, 0.15) is 5.56 Å². The number of amides is 2. The van der Waals surface area contributed by atoms with Crippen LogP contribution >= 0.6 is 0 Å². The third-order valence-electron chi connectivity index (χ3n) is 4.09. The number of β-lactam (4-membered cyclic amide) rings is 1. The number of carbonyl (C=O) groups is 2. The minimum Gasteiger partial charge on any atom is -0.497 e. The van der Waals surface area contributed by atoms with Gasteiger partial charge < -0.3 is 35.2 Å². The first-order valence-electron chi connectivity index (χ1n) is 7.84. The number of benzene rings is 1. The first-order valence-corrected chi connectivity index (χ1v) is 7.84. The molecule has 1 fully saturated rings. The van der Waals surface area contributed by atoms with E-state index in [4.69, 9.17) is 19.7 Å². The molecular formula is C16H23N3O6. The molecule has 25 heavy (non-hydrogen) atoms. The van der Waals surface area contributed by atoms with Crippen molar-refractivity contribution >= 4 is 12.0 Å². The number of carboxylic acid groups (broad SMARTS) is 1. The van der Waals surface area contributed by atoms with Crippen molar-refractivity contribution < 1.29 is 29.3 Å². The van der Waals surface area contributed by atoms with Gasteiger partial charge in [-0.1, -0.05) is 0 Å². The van der Waals surface area contributed by atoms with E-state index in [0.717, 1.165) is 5.56 Å². The Morgan fingerprint density at radius 3 is 2.68 bits per heavy atom. The lowest BCUT2D eigenvalue weighted by Gasteiger charge is -2.47. The third kappa shape index (κ3) is 4.31. The van der Waals surface area contributed by atoms with Crippen molar-refractivity contribution in [3.05, 3.63) is 23.8 Å². The van der Waals surface area contributed by atoms with E-state index in [-0.39, 0.29) is 25.1 Å². The summed E-state index contributed by atoms with van der Waals surface area (Å²) in [5.74, 6) is 0.932. The van der Waals surface area contributed by atoms with E-state index < -0.39 is 12.1 Å². The molecule has 0 aliphatic carbocycles. The van der Waals surface area contributed by atoms with E-state index in [0.29, 0.717) is 24.6 Å². The summed E-state index contributed by atoms with van der Waals surface area (Å²) in [4.78, 5) is 24.8. The maximum Gasteiger partial charge on any atom is 0.405 e. The number of ether oxygens (including phenoxy) is 2. The van der Waals surface area contributed by atoms with Crippen LogP contribution in [-0.4, -0.2) is 73.1 Å². The minimum atomic E-state index is -1.24. The zero-order valence-corrected chi connectivity index (χ0v) is 14.2. The van der Waals surface area contributed by atoms with Crippen LogP contribution in [0.25, 0.3) is 0 Å². The lowest BCUT2D eigenvalue weighted by atomic mass is 9.93. The number of hydrogen-bond donors (Lipinski definition) is 4. The normalized spacial score (nSPS) is 19.3. The zero-order chi connectivity index (χ0) is 18.4. The van der Waals surface area contributed by atoms with Crippen molar-refractivity contribution in [3.8, 4) is 11.5 Å². The molecule has 1 saturated heterocycles. The van der Waals surface area contributed by atoms with Gasteiger partial charge in [0.15, 0.2) is 0 Å². The Bertz CT molecular complexity index is 624. The summed E-state index contributed by atoms with van der Waals surface area (Å²) in [6.07, 6.45) is -1.24. The lowest BCUT2D eigenvalue weighted by molar-refractivity contribution is -0.151. The fourth-order valence-corrected chi connectivity index (χ4v) is 2.81. The number of carbonyl (C=O) groups excluding carboxylic acids is 1. The highest BCUT2D eigenvalue weighted by atomic mass is 16.5. The predicted octanol–water partition coefficient (Wildman–Crippen LogP) is -0.367. The van der Waals surface area contributed by atoms with Crippen LogP contribution < -0.4 is 20.1 Å².